The van der Waals surface area contributed by atoms with E-state index in [1.54, 1.807) is 6.08 Å². The number of amides is 1. The highest BCUT2D eigenvalue weighted by atomic mass is 16.1. The number of rotatable bonds is 4. The molecule has 1 amide bonds. The molecule has 0 saturated carbocycles. The summed E-state index contributed by atoms with van der Waals surface area (Å²) in [5.41, 5.74) is 1.22. The van der Waals surface area contributed by atoms with Gasteiger partial charge in [-0.2, -0.15) is 0 Å². The van der Waals surface area contributed by atoms with Gasteiger partial charge in [0.25, 0.3) is 0 Å². The second kappa shape index (κ2) is 3.96. The second-order valence-electron chi connectivity index (χ2n) is 2.70. The van der Waals surface area contributed by atoms with Gasteiger partial charge in [0.2, 0.25) is 5.91 Å². The molecule has 0 aromatic rings. The van der Waals surface area contributed by atoms with Crippen LogP contribution in [0.2, 0.25) is 0 Å². The lowest BCUT2D eigenvalue weighted by molar-refractivity contribution is -0.115. The van der Waals surface area contributed by atoms with Crippen LogP contribution in [0.1, 0.15) is 19.3 Å². The van der Waals surface area contributed by atoms with Crippen LogP contribution in [0.25, 0.3) is 0 Å². The van der Waals surface area contributed by atoms with Crippen LogP contribution in [0.5, 0.6) is 0 Å². The van der Waals surface area contributed by atoms with Crippen LogP contribution < -0.4 is 5.32 Å². The fourth-order valence-corrected chi connectivity index (χ4v) is 1.12. The summed E-state index contributed by atoms with van der Waals surface area (Å²) in [5.74, 6) is 0.0543. The average Bonchev–Trinajstić information content (AvgIpc) is 2.37. The summed E-state index contributed by atoms with van der Waals surface area (Å²) >= 11 is 0. The van der Waals surface area contributed by atoms with Gasteiger partial charge < -0.3 is 5.32 Å². The molecule has 0 bridgehead atoms. The Labute approximate surface area is 67.0 Å². The summed E-state index contributed by atoms with van der Waals surface area (Å²) in [4.78, 5) is 10.7. The smallest absolute Gasteiger partial charge is 0.244 e. The van der Waals surface area contributed by atoms with Crippen LogP contribution in [0, 0.1) is 0 Å². The molecule has 0 aromatic heterocycles. The third-order valence-electron chi connectivity index (χ3n) is 1.73. The minimum absolute atomic E-state index is 0.0543. The standard InChI is InChI=1S/C9H13NO/c1-2-3-4-5-8-6-9(11)10-7-8/h2,6H,1,3-5,7H2,(H,10,11). The van der Waals surface area contributed by atoms with Crippen LogP contribution >= 0.6 is 0 Å². The van der Waals surface area contributed by atoms with Crippen LogP contribution in [-0.2, 0) is 4.79 Å². The molecule has 2 nitrogen and oxygen atoms in total. The molecule has 1 heterocycles. The van der Waals surface area contributed by atoms with Gasteiger partial charge in [0.1, 0.15) is 0 Å². The van der Waals surface area contributed by atoms with Crippen molar-refractivity contribution in [1.82, 2.24) is 5.32 Å². The van der Waals surface area contributed by atoms with Gasteiger partial charge >= 0.3 is 0 Å². The lowest BCUT2D eigenvalue weighted by Crippen LogP contribution is -2.14. The first-order valence-electron chi connectivity index (χ1n) is 3.91. The molecule has 0 atom stereocenters. The first kappa shape index (κ1) is 8.05. The maximum absolute atomic E-state index is 10.7. The Morgan fingerprint density at radius 3 is 3.09 bits per heavy atom. The van der Waals surface area contributed by atoms with E-state index in [9.17, 15) is 4.79 Å². The van der Waals surface area contributed by atoms with E-state index in [0.717, 1.165) is 25.8 Å². The van der Waals surface area contributed by atoms with Crippen molar-refractivity contribution in [2.75, 3.05) is 6.54 Å². The van der Waals surface area contributed by atoms with E-state index in [1.807, 2.05) is 6.08 Å². The molecule has 1 aliphatic heterocycles. The number of carbonyl (C=O) groups is 1. The second-order valence-corrected chi connectivity index (χ2v) is 2.70. The number of carbonyl (C=O) groups excluding carboxylic acids is 1. The highest BCUT2D eigenvalue weighted by Gasteiger charge is 2.08. The van der Waals surface area contributed by atoms with Gasteiger partial charge in [-0.15, -0.1) is 6.58 Å². The number of allylic oxidation sites excluding steroid dienone is 1. The highest BCUT2D eigenvalue weighted by Crippen LogP contribution is 2.09. The van der Waals surface area contributed by atoms with Crippen molar-refractivity contribution in [2.24, 2.45) is 0 Å². The molecule has 1 rings (SSSR count). The Morgan fingerprint density at radius 2 is 2.55 bits per heavy atom. The first-order valence-corrected chi connectivity index (χ1v) is 3.91. The van der Waals surface area contributed by atoms with Gasteiger partial charge in [0.05, 0.1) is 0 Å². The Balaban J connectivity index is 2.21. The SMILES string of the molecule is C=CCCCC1=CC(=O)NC1. The quantitative estimate of drug-likeness (QED) is 0.477. The minimum atomic E-state index is 0.0543. The van der Waals surface area contributed by atoms with Crippen molar-refractivity contribution in [3.63, 3.8) is 0 Å². The number of hydrogen-bond donors (Lipinski definition) is 1. The minimum Gasteiger partial charge on any atom is -0.349 e. The molecule has 0 fully saturated rings. The van der Waals surface area contributed by atoms with Gasteiger partial charge in [-0.25, -0.2) is 0 Å². The van der Waals surface area contributed by atoms with E-state index in [-0.39, 0.29) is 5.91 Å². The fraction of sp³-hybridized carbons (Fsp3) is 0.444. The predicted molar refractivity (Wildman–Crippen MR) is 45.1 cm³/mol. The van der Waals surface area contributed by atoms with Crippen LogP contribution in [0.15, 0.2) is 24.3 Å². The van der Waals surface area contributed by atoms with Gasteiger partial charge in [-0.1, -0.05) is 6.08 Å². The predicted octanol–water partition coefficient (Wildman–Crippen LogP) is 1.40. The molecular formula is C9H13NO. The monoisotopic (exact) mass is 151 g/mol. The maximum Gasteiger partial charge on any atom is 0.244 e. The molecule has 0 radical (unpaired) electrons. The highest BCUT2D eigenvalue weighted by molar-refractivity contribution is 5.90. The molecule has 0 unspecified atom stereocenters. The zero-order chi connectivity index (χ0) is 8.10. The normalized spacial score (nSPS) is 16.0. The molecule has 0 aromatic carbocycles. The zero-order valence-electron chi connectivity index (χ0n) is 6.60. The van der Waals surface area contributed by atoms with E-state index >= 15 is 0 Å². The average molecular weight is 151 g/mol. The Hall–Kier alpha value is -1.05. The van der Waals surface area contributed by atoms with Gasteiger partial charge in [-0.05, 0) is 24.8 Å². The largest absolute Gasteiger partial charge is 0.349 e. The van der Waals surface area contributed by atoms with Gasteiger partial charge in [-0.3, -0.25) is 4.79 Å². The summed E-state index contributed by atoms with van der Waals surface area (Å²) in [7, 11) is 0. The van der Waals surface area contributed by atoms with E-state index in [4.69, 9.17) is 0 Å². The molecule has 0 saturated heterocycles. The summed E-state index contributed by atoms with van der Waals surface area (Å²) < 4.78 is 0. The summed E-state index contributed by atoms with van der Waals surface area (Å²) in [5, 5.41) is 2.74. The topological polar surface area (TPSA) is 29.1 Å². The molecule has 11 heavy (non-hydrogen) atoms. The molecule has 0 spiro atoms. The number of nitrogens with one attached hydrogen (secondary N) is 1. The summed E-state index contributed by atoms with van der Waals surface area (Å²) in [6, 6.07) is 0. The van der Waals surface area contributed by atoms with Crippen LogP contribution in [-0.4, -0.2) is 12.5 Å². The fourth-order valence-electron chi connectivity index (χ4n) is 1.12. The number of hydrogen-bond acceptors (Lipinski definition) is 1. The van der Waals surface area contributed by atoms with Crippen molar-refractivity contribution in [1.29, 1.82) is 0 Å². The molecule has 60 valence electrons. The Kier molecular flexibility index (Phi) is 2.90. The maximum atomic E-state index is 10.7. The van der Waals surface area contributed by atoms with Crippen molar-refractivity contribution in [3.05, 3.63) is 24.3 Å². The molecule has 1 N–H and O–H groups in total. The first-order chi connectivity index (χ1) is 5.33. The van der Waals surface area contributed by atoms with E-state index in [1.165, 1.54) is 5.57 Å². The Bertz CT molecular complexity index is 194. The molecular weight excluding hydrogens is 138 g/mol. The Morgan fingerprint density at radius 1 is 1.73 bits per heavy atom. The van der Waals surface area contributed by atoms with Gasteiger partial charge in [0, 0.05) is 12.6 Å². The van der Waals surface area contributed by atoms with E-state index in [2.05, 4.69) is 11.9 Å². The lowest BCUT2D eigenvalue weighted by Gasteiger charge is -1.97. The molecule has 1 aliphatic rings. The summed E-state index contributed by atoms with van der Waals surface area (Å²) in [6.45, 7) is 4.38. The van der Waals surface area contributed by atoms with Crippen molar-refractivity contribution in [2.45, 2.75) is 19.3 Å². The van der Waals surface area contributed by atoms with Crippen molar-refractivity contribution in [3.8, 4) is 0 Å². The van der Waals surface area contributed by atoms with Crippen molar-refractivity contribution < 1.29 is 4.79 Å². The lowest BCUT2D eigenvalue weighted by atomic mass is 10.1. The van der Waals surface area contributed by atoms with Crippen LogP contribution in [0.3, 0.4) is 0 Å². The summed E-state index contributed by atoms with van der Waals surface area (Å²) in [6.07, 6.45) is 6.76. The van der Waals surface area contributed by atoms with Crippen LogP contribution in [0.4, 0.5) is 0 Å². The zero-order valence-corrected chi connectivity index (χ0v) is 6.60. The van der Waals surface area contributed by atoms with Crippen molar-refractivity contribution >= 4 is 5.91 Å². The van der Waals surface area contributed by atoms with E-state index < -0.39 is 0 Å². The number of unbranched alkanes of at least 4 members (excludes halogenated alkanes) is 1. The molecule has 0 aliphatic carbocycles. The third kappa shape index (κ3) is 2.58. The van der Waals surface area contributed by atoms with Gasteiger partial charge in [0.15, 0.2) is 0 Å². The molecule has 2 heteroatoms. The third-order valence-corrected chi connectivity index (χ3v) is 1.73. The van der Waals surface area contributed by atoms with E-state index in [0.29, 0.717) is 0 Å².